The zero-order chi connectivity index (χ0) is 26.9. The largest absolute Gasteiger partial charge is 0.493 e. The Labute approximate surface area is 234 Å². The summed E-state index contributed by atoms with van der Waals surface area (Å²) in [7, 11) is 1.58. The molecule has 2 saturated heterocycles. The van der Waals surface area contributed by atoms with Crippen molar-refractivity contribution in [2.45, 2.75) is 18.8 Å². The highest BCUT2D eigenvalue weighted by Crippen LogP contribution is 2.48. The summed E-state index contributed by atoms with van der Waals surface area (Å²) in [5.74, 6) is -0.328. The summed E-state index contributed by atoms with van der Waals surface area (Å²) in [6.45, 7) is 0.388. The fourth-order valence-corrected chi connectivity index (χ4v) is 5.38. The number of benzene rings is 4. The number of para-hydroxylation sites is 1. The second kappa shape index (κ2) is 10.6. The third-order valence-corrected chi connectivity index (χ3v) is 7.51. The van der Waals surface area contributed by atoms with Crippen molar-refractivity contribution in [1.29, 1.82) is 0 Å². The van der Waals surface area contributed by atoms with Crippen molar-refractivity contribution in [3.63, 3.8) is 0 Å². The van der Waals surface area contributed by atoms with Gasteiger partial charge in [-0.3, -0.25) is 14.4 Å². The lowest BCUT2D eigenvalue weighted by Crippen LogP contribution is -2.37. The van der Waals surface area contributed by atoms with E-state index in [0.29, 0.717) is 23.8 Å². The van der Waals surface area contributed by atoms with Gasteiger partial charge in [0, 0.05) is 4.47 Å². The Kier molecular flexibility index (Phi) is 6.81. The molecule has 2 fully saturated rings. The van der Waals surface area contributed by atoms with Gasteiger partial charge in [-0.25, -0.2) is 9.96 Å². The summed E-state index contributed by atoms with van der Waals surface area (Å²) in [6.07, 6.45) is -0.952. The van der Waals surface area contributed by atoms with Crippen LogP contribution in [0.4, 0.5) is 11.4 Å². The van der Waals surface area contributed by atoms with Crippen molar-refractivity contribution in [2.75, 3.05) is 17.1 Å². The third-order valence-electron chi connectivity index (χ3n) is 6.98. The summed E-state index contributed by atoms with van der Waals surface area (Å²) in [5.41, 5.74) is 3.07. The Morgan fingerprint density at radius 2 is 1.49 bits per heavy atom. The molecule has 2 amide bonds. The molecule has 7 nitrogen and oxygen atoms in total. The first-order valence-corrected chi connectivity index (χ1v) is 13.3. The molecule has 0 radical (unpaired) electrons. The average molecular weight is 585 g/mol. The first-order chi connectivity index (χ1) is 19.0. The van der Waals surface area contributed by atoms with Crippen LogP contribution >= 0.6 is 15.9 Å². The molecule has 0 N–H and O–H groups in total. The number of carbonyl (C=O) groups is 2. The summed E-state index contributed by atoms with van der Waals surface area (Å²) in [6, 6.07) is 31.5. The summed E-state index contributed by atoms with van der Waals surface area (Å²) in [5, 5.41) is 1.67. The van der Waals surface area contributed by atoms with Gasteiger partial charge in [0.05, 0.1) is 24.5 Å². The quantitative estimate of drug-likeness (QED) is 0.245. The lowest BCUT2D eigenvalue weighted by atomic mass is 9.90. The molecule has 2 aliphatic rings. The van der Waals surface area contributed by atoms with Crippen LogP contribution in [-0.4, -0.2) is 25.0 Å². The van der Waals surface area contributed by atoms with Crippen LogP contribution in [0.3, 0.4) is 0 Å². The molecule has 0 aromatic heterocycles. The Bertz CT molecular complexity index is 1500. The van der Waals surface area contributed by atoms with E-state index in [1.807, 2.05) is 78.9 Å². The van der Waals surface area contributed by atoms with Gasteiger partial charge in [0.25, 0.3) is 5.91 Å². The molecular weight excluding hydrogens is 560 g/mol. The maximum absolute atomic E-state index is 13.9. The van der Waals surface area contributed by atoms with Crippen molar-refractivity contribution in [3.8, 4) is 11.5 Å². The van der Waals surface area contributed by atoms with Crippen LogP contribution in [0.1, 0.15) is 17.2 Å². The molecule has 0 unspecified atom stereocenters. The lowest BCUT2D eigenvalue weighted by Gasteiger charge is -2.29. The zero-order valence-corrected chi connectivity index (χ0v) is 22.7. The molecule has 2 heterocycles. The van der Waals surface area contributed by atoms with Crippen LogP contribution in [0.2, 0.25) is 0 Å². The highest BCUT2D eigenvalue weighted by molar-refractivity contribution is 9.10. The van der Waals surface area contributed by atoms with Gasteiger partial charge < -0.3 is 9.47 Å². The molecule has 0 spiro atoms. The number of rotatable bonds is 7. The van der Waals surface area contributed by atoms with E-state index < -0.39 is 18.1 Å². The number of fused-ring (bicyclic) bond motifs is 1. The van der Waals surface area contributed by atoms with Gasteiger partial charge in [0.2, 0.25) is 5.91 Å². The van der Waals surface area contributed by atoms with Crippen molar-refractivity contribution in [2.24, 2.45) is 5.92 Å². The summed E-state index contributed by atoms with van der Waals surface area (Å²) < 4.78 is 12.6. The second-order valence-electron chi connectivity index (χ2n) is 9.33. The molecule has 39 heavy (non-hydrogen) atoms. The molecule has 0 bridgehead atoms. The highest BCUT2D eigenvalue weighted by atomic mass is 79.9. The van der Waals surface area contributed by atoms with Crippen molar-refractivity contribution in [1.82, 2.24) is 0 Å². The first-order valence-electron chi connectivity index (χ1n) is 12.5. The van der Waals surface area contributed by atoms with Gasteiger partial charge in [-0.05, 0) is 59.7 Å². The molecule has 2 aliphatic heterocycles. The Morgan fingerprint density at radius 1 is 0.795 bits per heavy atom. The number of halogens is 1. The Hall–Kier alpha value is -4.14. The van der Waals surface area contributed by atoms with Crippen LogP contribution < -0.4 is 19.4 Å². The maximum atomic E-state index is 13.9. The van der Waals surface area contributed by atoms with Crippen molar-refractivity contribution < 1.29 is 23.9 Å². The first kappa shape index (κ1) is 25.2. The summed E-state index contributed by atoms with van der Waals surface area (Å²) in [4.78, 5) is 34.9. The van der Waals surface area contributed by atoms with Crippen LogP contribution in [0, 0.1) is 5.92 Å². The minimum absolute atomic E-state index is 0.306. The number of hydroxylamine groups is 1. The SMILES string of the molecule is COc1cc([C@@H]2[C@@H]3C(=O)N(c4ccc(Br)cc4)C(=O)[C@@H]3ON2c2ccccc2)ccc1OCc1ccccc1. The monoisotopic (exact) mass is 584 g/mol. The second-order valence-corrected chi connectivity index (χ2v) is 10.2. The van der Waals surface area contributed by atoms with E-state index in [1.54, 1.807) is 36.4 Å². The Morgan fingerprint density at radius 3 is 2.18 bits per heavy atom. The average Bonchev–Trinajstić information content (AvgIpc) is 3.49. The summed E-state index contributed by atoms with van der Waals surface area (Å²) >= 11 is 3.41. The number of ether oxygens (including phenoxy) is 2. The van der Waals surface area contributed by atoms with Gasteiger partial charge in [0.15, 0.2) is 17.6 Å². The molecule has 196 valence electrons. The molecule has 3 atom stereocenters. The van der Waals surface area contributed by atoms with Gasteiger partial charge >= 0.3 is 0 Å². The van der Waals surface area contributed by atoms with Crippen LogP contribution in [0.25, 0.3) is 0 Å². The highest BCUT2D eigenvalue weighted by Gasteiger charge is 2.60. The van der Waals surface area contributed by atoms with Crippen LogP contribution in [-0.2, 0) is 21.0 Å². The predicted molar refractivity (Wildman–Crippen MR) is 150 cm³/mol. The standard InChI is InChI=1S/C31H25BrN2O5/c1-37-26-18-21(12-17-25(26)38-19-20-8-4-2-5-9-20)28-27-29(39-34(28)24-10-6-3-7-11-24)31(36)33(30(27)35)23-15-13-22(32)14-16-23/h2-18,27-29H,19H2,1H3/t27-,28+,29+/m0/s1. The third kappa shape index (κ3) is 4.66. The van der Waals surface area contributed by atoms with Crippen molar-refractivity contribution in [3.05, 3.63) is 119 Å². The van der Waals surface area contributed by atoms with Gasteiger partial charge in [-0.2, -0.15) is 0 Å². The fourth-order valence-electron chi connectivity index (χ4n) is 5.12. The number of carbonyl (C=O) groups excluding carboxylic acids is 2. The number of methoxy groups -OCH3 is 1. The van der Waals surface area contributed by atoms with Gasteiger partial charge in [-0.1, -0.05) is 70.5 Å². The van der Waals surface area contributed by atoms with E-state index in [1.165, 1.54) is 4.90 Å². The normalized spacial score (nSPS) is 20.3. The minimum Gasteiger partial charge on any atom is -0.493 e. The van der Waals surface area contributed by atoms with E-state index >= 15 is 0 Å². The van der Waals surface area contributed by atoms with E-state index in [4.69, 9.17) is 14.3 Å². The molecule has 4 aromatic rings. The Balaban J connectivity index is 1.36. The molecular formula is C31H25BrN2O5. The number of hydrogen-bond acceptors (Lipinski definition) is 6. The molecule has 8 heteroatoms. The maximum Gasteiger partial charge on any atom is 0.266 e. The zero-order valence-electron chi connectivity index (χ0n) is 21.1. The molecule has 4 aromatic carbocycles. The van der Waals surface area contributed by atoms with Crippen LogP contribution in [0.15, 0.2) is 108 Å². The molecule has 6 rings (SSSR count). The number of hydrogen-bond donors (Lipinski definition) is 0. The lowest BCUT2D eigenvalue weighted by molar-refractivity contribution is -0.126. The van der Waals surface area contributed by atoms with E-state index in [0.717, 1.165) is 21.3 Å². The molecule has 0 aliphatic carbocycles. The number of amides is 2. The number of imide groups is 1. The minimum atomic E-state index is -0.952. The van der Waals surface area contributed by atoms with E-state index in [9.17, 15) is 9.59 Å². The van der Waals surface area contributed by atoms with E-state index in [2.05, 4.69) is 15.9 Å². The molecule has 0 saturated carbocycles. The fraction of sp³-hybridized carbons (Fsp3) is 0.161. The van der Waals surface area contributed by atoms with Crippen molar-refractivity contribution >= 4 is 39.1 Å². The van der Waals surface area contributed by atoms with Gasteiger partial charge in [-0.15, -0.1) is 0 Å². The van der Waals surface area contributed by atoms with Crippen LogP contribution in [0.5, 0.6) is 11.5 Å². The number of anilines is 2. The van der Waals surface area contributed by atoms with Gasteiger partial charge in [0.1, 0.15) is 12.5 Å². The number of nitrogens with zero attached hydrogens (tertiary/aromatic N) is 2. The topological polar surface area (TPSA) is 68.3 Å². The predicted octanol–water partition coefficient (Wildman–Crippen LogP) is 6.09. The smallest absolute Gasteiger partial charge is 0.266 e. The van der Waals surface area contributed by atoms with E-state index in [-0.39, 0.29) is 11.8 Å².